The fourth-order valence-corrected chi connectivity index (χ4v) is 7.85. The van der Waals surface area contributed by atoms with Crippen LogP contribution in [-0.4, -0.2) is 50.4 Å². The van der Waals surface area contributed by atoms with Gasteiger partial charge in [-0.1, -0.05) is 44.2 Å². The molecule has 12 heteroatoms. The Balaban J connectivity index is 1.48. The summed E-state index contributed by atoms with van der Waals surface area (Å²) in [5, 5.41) is 2.78. The third-order valence-electron chi connectivity index (χ3n) is 6.56. The third-order valence-corrected chi connectivity index (χ3v) is 10.6. The molecule has 0 aliphatic heterocycles. The fraction of sp³-hybridized carbons (Fsp3) is 0.321. The first-order valence-corrected chi connectivity index (χ1v) is 17.0. The number of pyridine rings is 1. The van der Waals surface area contributed by atoms with Crippen molar-refractivity contribution in [1.82, 2.24) is 20.0 Å². The van der Waals surface area contributed by atoms with Crippen LogP contribution >= 0.6 is 11.3 Å². The minimum atomic E-state index is -4.04. The van der Waals surface area contributed by atoms with E-state index < -0.39 is 37.9 Å². The van der Waals surface area contributed by atoms with Gasteiger partial charge < -0.3 is 5.32 Å². The van der Waals surface area contributed by atoms with Crippen LogP contribution in [0, 0.1) is 11.8 Å². The number of carbonyl (C=O) groups excluding carboxylic acids is 1. The Kier molecular flexibility index (Phi) is 9.67. The van der Waals surface area contributed by atoms with Crippen molar-refractivity contribution in [2.24, 2.45) is 11.8 Å². The SMILES string of the molecule is CC(CS(=O)(=O)CCc1ccncc1)C(=O)N[C@@H](NS(=O)(=O)c1ccc2scnc2c1)[C@@H](C)Cc1ccccc1. The number of hydrogen-bond acceptors (Lipinski definition) is 8. The zero-order valence-electron chi connectivity index (χ0n) is 22.2. The lowest BCUT2D eigenvalue weighted by Gasteiger charge is -2.27. The molecule has 0 saturated heterocycles. The molecule has 0 spiro atoms. The number of nitrogens with one attached hydrogen (secondary N) is 2. The lowest BCUT2D eigenvalue weighted by atomic mass is 9.98. The number of nitrogens with zero attached hydrogens (tertiary/aromatic N) is 2. The second-order valence-corrected chi connectivity index (χ2v) is 14.7. The van der Waals surface area contributed by atoms with Gasteiger partial charge in [-0.15, -0.1) is 11.3 Å². The second kappa shape index (κ2) is 13.0. The van der Waals surface area contributed by atoms with Gasteiger partial charge in [-0.2, -0.15) is 4.72 Å². The summed E-state index contributed by atoms with van der Waals surface area (Å²) < 4.78 is 55.8. The zero-order valence-corrected chi connectivity index (χ0v) is 24.7. The van der Waals surface area contributed by atoms with E-state index in [2.05, 4.69) is 20.0 Å². The molecule has 0 saturated carbocycles. The minimum absolute atomic E-state index is 0.0313. The molecule has 0 radical (unpaired) electrons. The highest BCUT2D eigenvalue weighted by atomic mass is 32.2. The molecule has 2 aromatic heterocycles. The van der Waals surface area contributed by atoms with Crippen molar-refractivity contribution in [3.8, 4) is 0 Å². The number of amides is 1. The molecule has 0 aliphatic rings. The van der Waals surface area contributed by atoms with Gasteiger partial charge in [0.2, 0.25) is 15.9 Å². The Labute approximate surface area is 239 Å². The van der Waals surface area contributed by atoms with Crippen molar-refractivity contribution in [2.75, 3.05) is 11.5 Å². The van der Waals surface area contributed by atoms with E-state index in [0.29, 0.717) is 18.4 Å². The lowest BCUT2D eigenvalue weighted by Crippen LogP contribution is -2.53. The Hall–Kier alpha value is -3.19. The van der Waals surface area contributed by atoms with Gasteiger partial charge in [0.1, 0.15) is 0 Å². The van der Waals surface area contributed by atoms with Gasteiger partial charge in [-0.05, 0) is 60.2 Å². The highest BCUT2D eigenvalue weighted by Gasteiger charge is 2.29. The lowest BCUT2D eigenvalue weighted by molar-refractivity contribution is -0.125. The quantitative estimate of drug-likeness (QED) is 0.224. The standard InChI is InChI=1S/C28H32N4O5S3/c1-20(16-23-6-4-3-5-7-23)27(32-40(36,37)24-8-9-26-25(17-24)30-19-38-26)31-28(33)21(2)18-39(34,35)15-12-22-10-13-29-14-11-22/h3-11,13-14,17,19-21,27,32H,12,15-16,18H2,1-2H3,(H,31,33)/t20-,21?,27-/m0/s1. The number of benzene rings is 2. The number of carbonyl (C=O) groups is 1. The van der Waals surface area contributed by atoms with E-state index in [1.165, 1.54) is 30.4 Å². The van der Waals surface area contributed by atoms with E-state index in [4.69, 9.17) is 0 Å². The minimum Gasteiger partial charge on any atom is -0.339 e. The van der Waals surface area contributed by atoms with Gasteiger partial charge in [0, 0.05) is 18.3 Å². The van der Waals surface area contributed by atoms with Crippen LogP contribution in [0.2, 0.25) is 0 Å². The van der Waals surface area contributed by atoms with Crippen LogP contribution in [0.4, 0.5) is 0 Å². The molecule has 9 nitrogen and oxygen atoms in total. The van der Waals surface area contributed by atoms with E-state index in [0.717, 1.165) is 15.8 Å². The summed E-state index contributed by atoms with van der Waals surface area (Å²) in [6, 6.07) is 17.7. The van der Waals surface area contributed by atoms with Crippen LogP contribution in [0.5, 0.6) is 0 Å². The average molecular weight is 601 g/mol. The molecule has 1 amide bonds. The van der Waals surface area contributed by atoms with Crippen molar-refractivity contribution in [3.05, 3.63) is 89.7 Å². The topological polar surface area (TPSA) is 135 Å². The highest BCUT2D eigenvalue weighted by Crippen LogP contribution is 2.22. The van der Waals surface area contributed by atoms with E-state index in [1.54, 1.807) is 36.1 Å². The molecule has 0 fully saturated rings. The molecule has 2 N–H and O–H groups in total. The zero-order chi connectivity index (χ0) is 28.8. The average Bonchev–Trinajstić information content (AvgIpc) is 3.40. The van der Waals surface area contributed by atoms with E-state index in [9.17, 15) is 21.6 Å². The van der Waals surface area contributed by atoms with Crippen LogP contribution in [-0.2, 0) is 37.5 Å². The van der Waals surface area contributed by atoms with Crippen molar-refractivity contribution < 1.29 is 21.6 Å². The van der Waals surface area contributed by atoms with Crippen molar-refractivity contribution in [2.45, 2.75) is 37.8 Å². The van der Waals surface area contributed by atoms with Gasteiger partial charge in [-0.3, -0.25) is 9.78 Å². The number of aryl methyl sites for hydroxylation is 1. The molecular weight excluding hydrogens is 569 g/mol. The highest BCUT2D eigenvalue weighted by molar-refractivity contribution is 7.91. The summed E-state index contributed by atoms with van der Waals surface area (Å²) in [7, 11) is -7.58. The van der Waals surface area contributed by atoms with Gasteiger partial charge in [0.25, 0.3) is 0 Å². The molecule has 212 valence electrons. The van der Waals surface area contributed by atoms with Gasteiger partial charge >= 0.3 is 0 Å². The fourth-order valence-electron chi connectivity index (χ4n) is 4.29. The third kappa shape index (κ3) is 8.17. The van der Waals surface area contributed by atoms with Crippen molar-refractivity contribution >= 4 is 47.3 Å². The first kappa shape index (κ1) is 29.8. The first-order valence-electron chi connectivity index (χ1n) is 12.8. The van der Waals surface area contributed by atoms with Gasteiger partial charge in [0.15, 0.2) is 9.84 Å². The molecule has 4 aromatic rings. The molecule has 2 aromatic carbocycles. The van der Waals surface area contributed by atoms with Crippen LogP contribution in [0.3, 0.4) is 0 Å². The largest absolute Gasteiger partial charge is 0.339 e. The predicted octanol–water partition coefficient (Wildman–Crippen LogP) is 3.58. The van der Waals surface area contributed by atoms with Gasteiger partial charge in [0.05, 0.1) is 38.3 Å². The maximum atomic E-state index is 13.4. The summed E-state index contributed by atoms with van der Waals surface area (Å²) in [6.07, 6.45) is 3.03. The molecule has 3 atom stereocenters. The Morgan fingerprint density at radius 2 is 1.68 bits per heavy atom. The van der Waals surface area contributed by atoms with Crippen LogP contribution < -0.4 is 10.0 Å². The molecule has 40 heavy (non-hydrogen) atoms. The predicted molar refractivity (Wildman–Crippen MR) is 157 cm³/mol. The first-order chi connectivity index (χ1) is 19.0. The van der Waals surface area contributed by atoms with Crippen LogP contribution in [0.1, 0.15) is 25.0 Å². The number of sulfone groups is 1. The van der Waals surface area contributed by atoms with E-state index in [-0.39, 0.29) is 22.3 Å². The summed E-state index contributed by atoms with van der Waals surface area (Å²) >= 11 is 1.41. The molecule has 0 bridgehead atoms. The Morgan fingerprint density at radius 1 is 0.950 bits per heavy atom. The Morgan fingerprint density at radius 3 is 2.40 bits per heavy atom. The van der Waals surface area contributed by atoms with E-state index in [1.807, 2.05) is 37.3 Å². The van der Waals surface area contributed by atoms with Crippen molar-refractivity contribution in [1.29, 1.82) is 0 Å². The number of fused-ring (bicyclic) bond motifs is 1. The molecule has 2 heterocycles. The Bertz CT molecular complexity index is 1640. The molecule has 0 aliphatic carbocycles. The summed E-state index contributed by atoms with van der Waals surface area (Å²) in [4.78, 5) is 21.4. The summed E-state index contributed by atoms with van der Waals surface area (Å²) in [6.45, 7) is 3.36. The second-order valence-electron chi connectivity index (χ2n) is 9.88. The van der Waals surface area contributed by atoms with Crippen molar-refractivity contribution in [3.63, 3.8) is 0 Å². The van der Waals surface area contributed by atoms with Crippen LogP contribution in [0.15, 0.2) is 83.5 Å². The normalized spacial score (nSPS) is 14.4. The number of aromatic nitrogens is 2. The molecule has 1 unspecified atom stereocenters. The monoisotopic (exact) mass is 600 g/mol. The summed E-state index contributed by atoms with van der Waals surface area (Å²) in [5.74, 6) is -2.23. The number of hydrogen-bond donors (Lipinski definition) is 2. The van der Waals surface area contributed by atoms with Crippen LogP contribution in [0.25, 0.3) is 10.2 Å². The van der Waals surface area contributed by atoms with Gasteiger partial charge in [-0.25, -0.2) is 21.8 Å². The molecular formula is C28H32N4O5S3. The smallest absolute Gasteiger partial charge is 0.242 e. The number of sulfonamides is 1. The number of thiazole rings is 1. The maximum absolute atomic E-state index is 13.4. The number of rotatable bonds is 13. The maximum Gasteiger partial charge on any atom is 0.242 e. The van der Waals surface area contributed by atoms with E-state index >= 15 is 0 Å². The molecule has 4 rings (SSSR count). The summed E-state index contributed by atoms with van der Waals surface area (Å²) in [5.41, 5.74) is 4.03.